The van der Waals surface area contributed by atoms with Gasteiger partial charge in [0.2, 0.25) is 0 Å². The summed E-state index contributed by atoms with van der Waals surface area (Å²) in [5, 5.41) is 0.749. The van der Waals surface area contributed by atoms with E-state index >= 15 is 0 Å². The predicted octanol–water partition coefficient (Wildman–Crippen LogP) is 2.87. The second-order valence-corrected chi connectivity index (χ2v) is 4.98. The van der Waals surface area contributed by atoms with Crippen molar-refractivity contribution in [2.45, 2.75) is 13.8 Å². The van der Waals surface area contributed by atoms with Gasteiger partial charge in [-0.3, -0.25) is 4.79 Å². The molecule has 0 spiro atoms. The topological polar surface area (TPSA) is 57.0 Å². The highest BCUT2D eigenvalue weighted by molar-refractivity contribution is 5.97. The van der Waals surface area contributed by atoms with E-state index in [1.165, 1.54) is 18.8 Å². The molecule has 0 aliphatic heterocycles. The predicted molar refractivity (Wildman–Crippen MR) is 80.0 cm³/mol. The average molecular weight is 281 g/mol. The molecule has 3 rings (SSSR count). The van der Waals surface area contributed by atoms with Crippen LogP contribution in [0.1, 0.15) is 12.5 Å². The van der Waals surface area contributed by atoms with E-state index in [1.807, 2.05) is 42.8 Å². The van der Waals surface area contributed by atoms with Crippen molar-refractivity contribution in [1.29, 1.82) is 0 Å². The summed E-state index contributed by atoms with van der Waals surface area (Å²) in [7, 11) is 1.86. The van der Waals surface area contributed by atoms with Gasteiger partial charge in [-0.05, 0) is 6.92 Å². The number of carbonyl (C=O) groups is 1. The summed E-state index contributed by atoms with van der Waals surface area (Å²) < 4.78 is 7.12. The van der Waals surface area contributed by atoms with Gasteiger partial charge in [0, 0.05) is 25.7 Å². The first-order valence-electron chi connectivity index (χ1n) is 6.62. The molecule has 106 valence electrons. The number of ether oxygens (including phenoxy) is 1. The lowest BCUT2D eigenvalue weighted by molar-refractivity contribution is -0.131. The van der Waals surface area contributed by atoms with Gasteiger partial charge in [0.25, 0.3) is 0 Å². The standard InChI is InChI=1S/C16H15N3O2/c1-10-4-6-12(7-5-10)15-14-13(21-11(2)20)8-19(3)16(14)18-9-17-15/h4-9H,1-3H3. The van der Waals surface area contributed by atoms with E-state index in [4.69, 9.17) is 4.74 Å². The number of aromatic nitrogens is 3. The molecule has 0 amide bonds. The fourth-order valence-corrected chi connectivity index (χ4v) is 2.33. The molecule has 5 heteroatoms. The van der Waals surface area contributed by atoms with Crippen molar-refractivity contribution in [3.8, 4) is 17.0 Å². The first-order chi connectivity index (χ1) is 10.1. The van der Waals surface area contributed by atoms with Gasteiger partial charge < -0.3 is 9.30 Å². The molecule has 0 bridgehead atoms. The molecule has 0 saturated carbocycles. The Morgan fingerprint density at radius 2 is 1.90 bits per heavy atom. The van der Waals surface area contributed by atoms with Gasteiger partial charge in [-0.1, -0.05) is 29.8 Å². The minimum Gasteiger partial charge on any atom is -0.424 e. The second kappa shape index (κ2) is 5.01. The average Bonchev–Trinajstić information content (AvgIpc) is 2.76. The van der Waals surface area contributed by atoms with Gasteiger partial charge in [-0.2, -0.15) is 0 Å². The third-order valence-electron chi connectivity index (χ3n) is 3.30. The zero-order chi connectivity index (χ0) is 15.0. The highest BCUT2D eigenvalue weighted by Gasteiger charge is 2.16. The molecule has 0 aliphatic rings. The van der Waals surface area contributed by atoms with Crippen molar-refractivity contribution < 1.29 is 9.53 Å². The molecule has 0 N–H and O–H groups in total. The molecule has 5 nitrogen and oxygen atoms in total. The minimum absolute atomic E-state index is 0.360. The number of fused-ring (bicyclic) bond motifs is 1. The number of aryl methyl sites for hydroxylation is 2. The lowest BCUT2D eigenvalue weighted by Crippen LogP contribution is -2.01. The van der Waals surface area contributed by atoms with E-state index in [2.05, 4.69) is 9.97 Å². The summed E-state index contributed by atoms with van der Waals surface area (Å²) in [4.78, 5) is 19.9. The van der Waals surface area contributed by atoms with Crippen molar-refractivity contribution in [2.75, 3.05) is 0 Å². The normalized spacial score (nSPS) is 10.8. The highest BCUT2D eigenvalue weighted by atomic mass is 16.5. The van der Waals surface area contributed by atoms with Crippen LogP contribution in [-0.2, 0) is 11.8 Å². The molecule has 0 atom stereocenters. The van der Waals surface area contributed by atoms with E-state index in [9.17, 15) is 4.79 Å². The van der Waals surface area contributed by atoms with Gasteiger partial charge in [0.1, 0.15) is 12.0 Å². The molecular weight excluding hydrogens is 266 g/mol. The molecule has 0 unspecified atom stereocenters. The SMILES string of the molecule is CC(=O)Oc1cn(C)c2ncnc(-c3ccc(C)cc3)c12. The van der Waals surface area contributed by atoms with Crippen molar-refractivity contribution in [3.05, 3.63) is 42.4 Å². The number of carbonyl (C=O) groups excluding carboxylic acids is 1. The summed E-state index contributed by atoms with van der Waals surface area (Å²) in [5.74, 6) is 0.123. The van der Waals surface area contributed by atoms with Gasteiger partial charge in [-0.15, -0.1) is 0 Å². The zero-order valence-corrected chi connectivity index (χ0v) is 12.1. The second-order valence-electron chi connectivity index (χ2n) is 4.98. The van der Waals surface area contributed by atoms with Gasteiger partial charge in [0.15, 0.2) is 5.75 Å². The van der Waals surface area contributed by atoms with Crippen molar-refractivity contribution in [3.63, 3.8) is 0 Å². The number of hydrogen-bond acceptors (Lipinski definition) is 4. The van der Waals surface area contributed by atoms with Gasteiger partial charge in [0.05, 0.1) is 11.1 Å². The number of rotatable bonds is 2. The summed E-state index contributed by atoms with van der Waals surface area (Å²) in [5.41, 5.74) is 3.64. The Morgan fingerprint density at radius 3 is 2.57 bits per heavy atom. The zero-order valence-electron chi connectivity index (χ0n) is 12.1. The van der Waals surface area contributed by atoms with E-state index in [-0.39, 0.29) is 5.97 Å². The van der Waals surface area contributed by atoms with Gasteiger partial charge in [-0.25, -0.2) is 9.97 Å². The summed E-state index contributed by atoms with van der Waals surface area (Å²) >= 11 is 0. The van der Waals surface area contributed by atoms with Crippen LogP contribution in [0.5, 0.6) is 5.75 Å². The van der Waals surface area contributed by atoms with E-state index in [1.54, 1.807) is 6.20 Å². The molecule has 0 saturated heterocycles. The lowest BCUT2D eigenvalue weighted by atomic mass is 10.1. The Labute approximate surface area is 122 Å². The fraction of sp³-hybridized carbons (Fsp3) is 0.188. The van der Waals surface area contributed by atoms with Crippen LogP contribution in [0.4, 0.5) is 0 Å². The van der Waals surface area contributed by atoms with Crippen LogP contribution in [0.2, 0.25) is 0 Å². The number of benzene rings is 1. The van der Waals surface area contributed by atoms with Crippen LogP contribution < -0.4 is 4.74 Å². The Hall–Kier alpha value is -2.69. The van der Waals surface area contributed by atoms with E-state index in [0.29, 0.717) is 5.75 Å². The monoisotopic (exact) mass is 281 g/mol. The molecule has 0 radical (unpaired) electrons. The molecule has 21 heavy (non-hydrogen) atoms. The van der Waals surface area contributed by atoms with Crippen LogP contribution in [0.25, 0.3) is 22.3 Å². The van der Waals surface area contributed by atoms with Crippen LogP contribution in [-0.4, -0.2) is 20.5 Å². The first-order valence-corrected chi connectivity index (χ1v) is 6.62. The Morgan fingerprint density at radius 1 is 1.19 bits per heavy atom. The Kier molecular flexibility index (Phi) is 3.17. The first kappa shape index (κ1) is 13.3. The Balaban J connectivity index is 2.27. The molecule has 0 aliphatic carbocycles. The fourth-order valence-electron chi connectivity index (χ4n) is 2.33. The quantitative estimate of drug-likeness (QED) is 0.678. The van der Waals surface area contributed by atoms with E-state index in [0.717, 1.165) is 22.3 Å². The lowest BCUT2D eigenvalue weighted by Gasteiger charge is -2.05. The maximum absolute atomic E-state index is 11.3. The summed E-state index contributed by atoms with van der Waals surface area (Å²) in [6.45, 7) is 3.42. The molecular formula is C16H15N3O2. The van der Waals surface area contributed by atoms with Crippen LogP contribution in [0.15, 0.2) is 36.8 Å². The van der Waals surface area contributed by atoms with Crippen LogP contribution >= 0.6 is 0 Å². The summed E-state index contributed by atoms with van der Waals surface area (Å²) in [6, 6.07) is 8.05. The van der Waals surface area contributed by atoms with Crippen LogP contribution in [0, 0.1) is 6.92 Å². The third-order valence-corrected chi connectivity index (χ3v) is 3.30. The van der Waals surface area contributed by atoms with Crippen molar-refractivity contribution in [2.24, 2.45) is 7.05 Å². The van der Waals surface area contributed by atoms with Gasteiger partial charge >= 0.3 is 5.97 Å². The van der Waals surface area contributed by atoms with Crippen LogP contribution in [0.3, 0.4) is 0 Å². The third kappa shape index (κ3) is 2.38. The van der Waals surface area contributed by atoms with Crippen molar-refractivity contribution >= 4 is 17.0 Å². The largest absolute Gasteiger partial charge is 0.424 e. The molecule has 0 fully saturated rings. The number of nitrogens with zero attached hydrogens (tertiary/aromatic N) is 3. The maximum Gasteiger partial charge on any atom is 0.308 e. The molecule has 2 aromatic heterocycles. The summed E-state index contributed by atoms with van der Waals surface area (Å²) in [6.07, 6.45) is 3.27. The van der Waals surface area contributed by atoms with Crippen molar-refractivity contribution in [1.82, 2.24) is 14.5 Å². The van der Waals surface area contributed by atoms with E-state index < -0.39 is 0 Å². The molecule has 2 heterocycles. The maximum atomic E-state index is 11.3. The minimum atomic E-state index is -0.360. The number of hydrogen-bond donors (Lipinski definition) is 0. The molecule has 1 aromatic carbocycles. The smallest absolute Gasteiger partial charge is 0.308 e. The molecule has 3 aromatic rings. The number of esters is 1. The highest BCUT2D eigenvalue weighted by Crippen LogP contribution is 2.34. The Bertz CT molecular complexity index is 819.